The van der Waals surface area contributed by atoms with Crippen molar-refractivity contribution < 1.29 is 4.79 Å². The highest BCUT2D eigenvalue weighted by atomic mass is 16.1. The number of benzene rings is 1. The van der Waals surface area contributed by atoms with Crippen molar-refractivity contribution in [1.82, 2.24) is 20.0 Å². The van der Waals surface area contributed by atoms with Gasteiger partial charge in [-0.3, -0.25) is 14.4 Å². The number of rotatable bonds is 3. The fourth-order valence-electron chi connectivity index (χ4n) is 3.57. The summed E-state index contributed by atoms with van der Waals surface area (Å²) in [6, 6.07) is 10.4. The molecule has 1 aliphatic rings. The molecule has 5 heteroatoms. The van der Waals surface area contributed by atoms with Crippen molar-refractivity contribution in [3.8, 4) is 0 Å². The lowest BCUT2D eigenvalue weighted by atomic mass is 9.89. The third kappa shape index (κ3) is 4.10. The zero-order valence-electron chi connectivity index (χ0n) is 15.6. The lowest BCUT2D eigenvalue weighted by Crippen LogP contribution is -2.31. The molecule has 1 aromatic carbocycles. The number of hydrogen-bond acceptors (Lipinski definition) is 3. The fraction of sp³-hybridized carbons (Fsp3) is 0.500. The summed E-state index contributed by atoms with van der Waals surface area (Å²) in [5.41, 5.74) is 3.56. The first-order chi connectivity index (χ1) is 11.8. The van der Waals surface area contributed by atoms with Crippen molar-refractivity contribution in [2.45, 2.75) is 45.2 Å². The van der Waals surface area contributed by atoms with Crippen LogP contribution in [0, 0.1) is 0 Å². The van der Waals surface area contributed by atoms with E-state index in [9.17, 15) is 4.79 Å². The van der Waals surface area contributed by atoms with E-state index < -0.39 is 0 Å². The molecule has 0 saturated carbocycles. The second kappa shape index (κ2) is 7.00. The van der Waals surface area contributed by atoms with E-state index in [4.69, 9.17) is 5.10 Å². The quantitative estimate of drug-likeness (QED) is 0.935. The number of carbonyl (C=O) groups is 1. The van der Waals surface area contributed by atoms with Crippen LogP contribution in [0.2, 0.25) is 0 Å². The molecule has 0 radical (unpaired) electrons. The van der Waals surface area contributed by atoms with Gasteiger partial charge in [0, 0.05) is 56.3 Å². The average molecular weight is 340 g/mol. The lowest BCUT2D eigenvalue weighted by Gasteiger charge is -2.30. The Kier molecular flexibility index (Phi) is 4.95. The Morgan fingerprint density at radius 2 is 1.96 bits per heavy atom. The Hall–Kier alpha value is -2.14. The summed E-state index contributed by atoms with van der Waals surface area (Å²) >= 11 is 0. The van der Waals surface area contributed by atoms with Crippen LogP contribution in [0.4, 0.5) is 0 Å². The number of carbonyl (C=O) groups excluding carboxylic acids is 1. The van der Waals surface area contributed by atoms with Crippen LogP contribution in [0.15, 0.2) is 36.5 Å². The van der Waals surface area contributed by atoms with Gasteiger partial charge in [0.2, 0.25) is 5.91 Å². The van der Waals surface area contributed by atoms with Crippen LogP contribution in [-0.4, -0.2) is 33.7 Å². The van der Waals surface area contributed by atoms with Crippen LogP contribution >= 0.6 is 0 Å². The molecular weight excluding hydrogens is 312 g/mol. The summed E-state index contributed by atoms with van der Waals surface area (Å²) in [4.78, 5) is 14.5. The van der Waals surface area contributed by atoms with Crippen molar-refractivity contribution in [1.29, 1.82) is 0 Å². The molecule has 1 N–H and O–H groups in total. The van der Waals surface area contributed by atoms with Crippen LogP contribution < -0.4 is 5.32 Å². The molecule has 1 amide bonds. The van der Waals surface area contributed by atoms with E-state index in [1.165, 1.54) is 11.1 Å². The van der Waals surface area contributed by atoms with Gasteiger partial charge in [0.1, 0.15) is 0 Å². The summed E-state index contributed by atoms with van der Waals surface area (Å²) in [6.45, 7) is 8.91. The number of hydrogen-bond donors (Lipinski definition) is 1. The van der Waals surface area contributed by atoms with Gasteiger partial charge >= 0.3 is 0 Å². The summed E-state index contributed by atoms with van der Waals surface area (Å²) in [6.07, 6.45) is 2.61. The Morgan fingerprint density at radius 3 is 2.64 bits per heavy atom. The van der Waals surface area contributed by atoms with E-state index in [-0.39, 0.29) is 17.4 Å². The van der Waals surface area contributed by atoms with E-state index >= 15 is 0 Å². The summed E-state index contributed by atoms with van der Waals surface area (Å²) in [5, 5.41) is 7.70. The van der Waals surface area contributed by atoms with Gasteiger partial charge in [0.25, 0.3) is 0 Å². The third-order valence-electron chi connectivity index (χ3n) is 4.71. The van der Waals surface area contributed by atoms with E-state index in [0.29, 0.717) is 13.0 Å². The van der Waals surface area contributed by atoms with Gasteiger partial charge in [0.15, 0.2) is 0 Å². The minimum atomic E-state index is -0.00123. The minimum absolute atomic E-state index is 0.00123. The normalized spacial score (nSPS) is 19.5. The smallest absolute Gasteiger partial charge is 0.221 e. The maximum Gasteiger partial charge on any atom is 0.221 e. The van der Waals surface area contributed by atoms with Gasteiger partial charge in [-0.1, -0.05) is 51.1 Å². The second-order valence-electron chi connectivity index (χ2n) is 7.88. The molecule has 1 aliphatic heterocycles. The third-order valence-corrected chi connectivity index (χ3v) is 4.71. The zero-order valence-corrected chi connectivity index (χ0v) is 15.6. The lowest BCUT2D eigenvalue weighted by molar-refractivity contribution is -0.121. The van der Waals surface area contributed by atoms with Crippen molar-refractivity contribution in [3.05, 3.63) is 53.3 Å². The highest BCUT2D eigenvalue weighted by molar-refractivity contribution is 5.77. The van der Waals surface area contributed by atoms with E-state index in [1.807, 2.05) is 29.9 Å². The fourth-order valence-corrected chi connectivity index (χ4v) is 3.57. The molecule has 3 rings (SSSR count). The first-order valence-electron chi connectivity index (χ1n) is 8.93. The van der Waals surface area contributed by atoms with Crippen molar-refractivity contribution in [2.75, 3.05) is 13.1 Å². The Balaban J connectivity index is 1.92. The van der Waals surface area contributed by atoms with Crippen LogP contribution in [0.1, 0.15) is 50.1 Å². The predicted molar refractivity (Wildman–Crippen MR) is 99.1 cm³/mol. The van der Waals surface area contributed by atoms with Crippen molar-refractivity contribution >= 4 is 5.91 Å². The first-order valence-corrected chi connectivity index (χ1v) is 8.93. The number of aryl methyl sites for hydroxylation is 1. The predicted octanol–water partition coefficient (Wildman–Crippen LogP) is 2.78. The van der Waals surface area contributed by atoms with Gasteiger partial charge in [-0.05, 0) is 5.56 Å². The Bertz CT molecular complexity index is 730. The maximum absolute atomic E-state index is 12.1. The van der Waals surface area contributed by atoms with E-state index in [2.05, 4.69) is 49.3 Å². The highest BCUT2D eigenvalue weighted by Crippen LogP contribution is 2.30. The Labute approximate surface area is 150 Å². The minimum Gasteiger partial charge on any atom is -0.355 e. The first kappa shape index (κ1) is 17.7. The summed E-state index contributed by atoms with van der Waals surface area (Å²) in [7, 11) is 1.97. The highest BCUT2D eigenvalue weighted by Gasteiger charge is 2.29. The molecule has 1 fully saturated rings. The SMILES string of the molecule is Cn1cc(CN2CCNC(=O)CC2c2ccccc2)c(C(C)(C)C)n1. The molecule has 0 spiro atoms. The number of nitrogens with one attached hydrogen (secondary N) is 1. The van der Waals surface area contributed by atoms with Gasteiger partial charge < -0.3 is 5.32 Å². The van der Waals surface area contributed by atoms with Gasteiger partial charge in [-0.15, -0.1) is 0 Å². The molecule has 1 unspecified atom stereocenters. The number of aromatic nitrogens is 2. The second-order valence-corrected chi connectivity index (χ2v) is 7.88. The van der Waals surface area contributed by atoms with Crippen LogP contribution in [0.5, 0.6) is 0 Å². The molecule has 1 aromatic heterocycles. The van der Waals surface area contributed by atoms with Crippen LogP contribution in [0.3, 0.4) is 0 Å². The number of nitrogens with zero attached hydrogens (tertiary/aromatic N) is 3. The van der Waals surface area contributed by atoms with Gasteiger partial charge in [0.05, 0.1) is 5.69 Å². The molecule has 25 heavy (non-hydrogen) atoms. The average Bonchev–Trinajstić information content (AvgIpc) is 2.83. The molecule has 134 valence electrons. The molecule has 1 atom stereocenters. The topological polar surface area (TPSA) is 50.2 Å². The van der Waals surface area contributed by atoms with Gasteiger partial charge in [-0.25, -0.2) is 0 Å². The zero-order chi connectivity index (χ0) is 18.0. The summed E-state index contributed by atoms with van der Waals surface area (Å²) in [5.74, 6) is 0.124. The summed E-state index contributed by atoms with van der Waals surface area (Å²) < 4.78 is 1.90. The molecule has 2 aromatic rings. The standard InChI is InChI=1S/C20H28N4O/c1-20(2,3)19-16(13-23(4)22-19)14-24-11-10-21-18(25)12-17(24)15-8-6-5-7-9-15/h5-9,13,17H,10-12,14H2,1-4H3,(H,21,25). The van der Waals surface area contributed by atoms with Crippen molar-refractivity contribution in [3.63, 3.8) is 0 Å². The molecule has 2 heterocycles. The Morgan fingerprint density at radius 1 is 1.24 bits per heavy atom. The number of amides is 1. The molecule has 0 aliphatic carbocycles. The maximum atomic E-state index is 12.1. The molecule has 0 bridgehead atoms. The molecule has 5 nitrogen and oxygen atoms in total. The van der Waals surface area contributed by atoms with Crippen molar-refractivity contribution in [2.24, 2.45) is 7.05 Å². The van der Waals surface area contributed by atoms with E-state index in [0.717, 1.165) is 18.8 Å². The largest absolute Gasteiger partial charge is 0.355 e. The molecular formula is C20H28N4O. The van der Waals surface area contributed by atoms with Gasteiger partial charge in [-0.2, -0.15) is 5.10 Å². The van der Waals surface area contributed by atoms with Crippen LogP contribution in [0.25, 0.3) is 0 Å². The monoisotopic (exact) mass is 340 g/mol. The van der Waals surface area contributed by atoms with E-state index in [1.54, 1.807) is 0 Å². The van der Waals surface area contributed by atoms with Crippen LogP contribution in [-0.2, 0) is 23.8 Å². The molecule has 1 saturated heterocycles.